The number of rotatable bonds is 5. The summed E-state index contributed by atoms with van der Waals surface area (Å²) in [5, 5.41) is 19.9. The molecule has 4 aliphatic rings. The molecule has 4 rings (SSSR count). The minimum absolute atomic E-state index is 0.0284. The van der Waals surface area contributed by atoms with Gasteiger partial charge in [-0.1, -0.05) is 64.5 Å². The van der Waals surface area contributed by atoms with Crippen LogP contribution < -0.4 is 0 Å². The number of carboxylic acid groups (broad SMARTS) is 1. The topological polar surface area (TPSA) is 57.5 Å². The molecule has 3 fully saturated rings. The van der Waals surface area contributed by atoms with Crippen molar-refractivity contribution in [2.24, 2.45) is 45.8 Å². The highest BCUT2D eigenvalue weighted by molar-refractivity contribution is 5.85. The van der Waals surface area contributed by atoms with E-state index in [1.807, 2.05) is 6.08 Å². The lowest BCUT2D eigenvalue weighted by Crippen LogP contribution is -2.54. The van der Waals surface area contributed by atoms with E-state index in [9.17, 15) is 9.90 Å². The fourth-order valence-electron chi connectivity index (χ4n) is 8.81. The maximum absolute atomic E-state index is 11.1. The second-order valence-corrected chi connectivity index (χ2v) is 13.1. The van der Waals surface area contributed by atoms with E-state index < -0.39 is 5.97 Å². The zero-order valence-corrected chi connectivity index (χ0v) is 21.8. The van der Waals surface area contributed by atoms with Gasteiger partial charge in [0.2, 0.25) is 0 Å². The summed E-state index contributed by atoms with van der Waals surface area (Å²) in [6.45, 7) is 18.4. The van der Waals surface area contributed by atoms with Gasteiger partial charge in [-0.25, -0.2) is 4.79 Å². The van der Waals surface area contributed by atoms with Crippen LogP contribution in [0.1, 0.15) is 92.9 Å². The maximum Gasteiger partial charge on any atom is 0.330 e. The summed E-state index contributed by atoms with van der Waals surface area (Å²) in [5.74, 6) is 1.96. The zero-order valence-electron chi connectivity index (χ0n) is 21.8. The number of hydrogen-bond donors (Lipinski definition) is 2. The third-order valence-corrected chi connectivity index (χ3v) is 11.1. The van der Waals surface area contributed by atoms with Crippen molar-refractivity contribution < 1.29 is 15.0 Å². The zero-order chi connectivity index (χ0) is 24.3. The molecule has 3 saturated carbocycles. The number of aliphatic hydroxyl groups excluding tert-OH is 1. The molecule has 8 atom stereocenters. The molecule has 0 heterocycles. The van der Waals surface area contributed by atoms with Crippen LogP contribution in [0.2, 0.25) is 0 Å². The van der Waals surface area contributed by atoms with Crippen molar-refractivity contribution in [3.05, 3.63) is 35.5 Å². The number of aliphatic carboxylic acids is 1. The first-order valence-electron chi connectivity index (χ1n) is 13.3. The average Bonchev–Trinajstić information content (AvgIpc) is 3.06. The lowest BCUT2D eigenvalue weighted by molar-refractivity contribution is -0.132. The Labute approximate surface area is 201 Å². The van der Waals surface area contributed by atoms with E-state index in [0.717, 1.165) is 32.1 Å². The fourth-order valence-corrected chi connectivity index (χ4v) is 8.81. The van der Waals surface area contributed by atoms with Crippen molar-refractivity contribution in [1.82, 2.24) is 0 Å². The first-order chi connectivity index (χ1) is 15.3. The Balaban J connectivity index is 1.53. The quantitative estimate of drug-likeness (QED) is 0.342. The number of aliphatic hydroxyl groups is 1. The third-order valence-electron chi connectivity index (χ3n) is 11.1. The molecule has 0 aromatic carbocycles. The third kappa shape index (κ3) is 3.77. The predicted molar refractivity (Wildman–Crippen MR) is 135 cm³/mol. The molecule has 0 aromatic heterocycles. The molecule has 0 aromatic rings. The smallest absolute Gasteiger partial charge is 0.330 e. The highest BCUT2D eigenvalue weighted by Crippen LogP contribution is 2.70. The van der Waals surface area contributed by atoms with E-state index in [1.165, 1.54) is 24.8 Å². The van der Waals surface area contributed by atoms with Gasteiger partial charge >= 0.3 is 5.97 Å². The first kappa shape index (κ1) is 24.8. The van der Waals surface area contributed by atoms with Gasteiger partial charge in [0.1, 0.15) is 0 Å². The molecule has 0 radical (unpaired) electrons. The molecule has 33 heavy (non-hydrogen) atoms. The van der Waals surface area contributed by atoms with Crippen LogP contribution in [0.3, 0.4) is 0 Å². The Bertz CT molecular complexity index is 879. The second kappa shape index (κ2) is 8.40. The summed E-state index contributed by atoms with van der Waals surface area (Å²) in [5.41, 5.74) is 4.11. The van der Waals surface area contributed by atoms with Crippen LogP contribution in [0.5, 0.6) is 0 Å². The van der Waals surface area contributed by atoms with Gasteiger partial charge in [0.15, 0.2) is 0 Å². The summed E-state index contributed by atoms with van der Waals surface area (Å²) >= 11 is 0. The van der Waals surface area contributed by atoms with E-state index in [-0.39, 0.29) is 22.3 Å². The lowest BCUT2D eigenvalue weighted by atomic mass is 9.47. The monoisotopic (exact) mass is 454 g/mol. The Morgan fingerprint density at radius 2 is 1.91 bits per heavy atom. The summed E-state index contributed by atoms with van der Waals surface area (Å²) in [4.78, 5) is 11.1. The average molecular weight is 455 g/mol. The van der Waals surface area contributed by atoms with Crippen LogP contribution in [0, 0.1) is 45.8 Å². The van der Waals surface area contributed by atoms with Gasteiger partial charge in [0, 0.05) is 5.57 Å². The molecule has 2 N–H and O–H groups in total. The minimum atomic E-state index is -0.812. The summed E-state index contributed by atoms with van der Waals surface area (Å²) < 4.78 is 0. The van der Waals surface area contributed by atoms with Gasteiger partial charge in [-0.05, 0) is 104 Å². The molecule has 0 aliphatic heterocycles. The molecular weight excluding hydrogens is 408 g/mol. The van der Waals surface area contributed by atoms with Crippen LogP contribution in [-0.2, 0) is 4.79 Å². The van der Waals surface area contributed by atoms with E-state index in [4.69, 9.17) is 11.7 Å². The summed E-state index contributed by atoms with van der Waals surface area (Å²) in [6.07, 6.45) is 13.0. The summed E-state index contributed by atoms with van der Waals surface area (Å²) in [6, 6.07) is 0. The Hall–Kier alpha value is -1.35. The Morgan fingerprint density at radius 1 is 1.21 bits per heavy atom. The van der Waals surface area contributed by atoms with Gasteiger partial charge < -0.3 is 10.2 Å². The molecule has 4 aliphatic carbocycles. The first-order valence-corrected chi connectivity index (χ1v) is 13.3. The Kier molecular flexibility index (Phi) is 6.30. The van der Waals surface area contributed by atoms with Crippen molar-refractivity contribution in [3.8, 4) is 0 Å². The minimum Gasteiger partial charge on any atom is -0.478 e. The summed E-state index contributed by atoms with van der Waals surface area (Å²) in [7, 11) is 0. The van der Waals surface area contributed by atoms with E-state index in [1.54, 1.807) is 12.5 Å². The highest BCUT2D eigenvalue weighted by Gasteiger charge is 2.62. The van der Waals surface area contributed by atoms with Gasteiger partial charge in [-0.15, -0.1) is 0 Å². The maximum atomic E-state index is 11.1. The SMILES string of the molecule is C=C1[C@@H]([C@H](C)CC/C=C(/C)C(=O)O)CC[C@@]2(C)C3=CC[C@H]4C(C)(C)[C@H](O)CC[C@]4(C)[C@@H]3C[C@@H]12. The molecule has 0 amide bonds. The lowest BCUT2D eigenvalue weighted by Gasteiger charge is -2.58. The standard InChI is InChI=1S/C30H46O3/c1-18(9-8-10-19(2)27(32)33)21-13-15-29(6)22-11-12-25-28(4,5)26(31)14-16-30(25,7)24(22)17-23(29)20(21)3/h10-11,18,21,23-26,31H,3,8-9,12-17H2,1-2,4-7H3,(H,32,33)/b19-10-/t18-,21-,23+,24-,25+,26-,29+,30-/m1/s1. The molecular formula is C30H46O3. The molecule has 0 bridgehead atoms. The van der Waals surface area contributed by atoms with Gasteiger partial charge in [0.05, 0.1) is 6.10 Å². The number of carboxylic acids is 1. The number of carbonyl (C=O) groups is 1. The van der Waals surface area contributed by atoms with E-state index in [2.05, 4.69) is 40.7 Å². The van der Waals surface area contributed by atoms with Gasteiger partial charge in [-0.2, -0.15) is 0 Å². The van der Waals surface area contributed by atoms with Crippen LogP contribution >= 0.6 is 0 Å². The second-order valence-electron chi connectivity index (χ2n) is 13.1. The van der Waals surface area contributed by atoms with Gasteiger partial charge in [-0.3, -0.25) is 0 Å². The van der Waals surface area contributed by atoms with Crippen LogP contribution in [-0.4, -0.2) is 22.3 Å². The Morgan fingerprint density at radius 3 is 2.58 bits per heavy atom. The van der Waals surface area contributed by atoms with Gasteiger partial charge in [0.25, 0.3) is 0 Å². The van der Waals surface area contributed by atoms with Crippen molar-refractivity contribution in [2.75, 3.05) is 0 Å². The van der Waals surface area contributed by atoms with Crippen molar-refractivity contribution in [2.45, 2.75) is 99.0 Å². The molecule has 0 spiro atoms. The number of hydrogen-bond acceptors (Lipinski definition) is 2. The molecule has 184 valence electrons. The van der Waals surface area contributed by atoms with E-state index in [0.29, 0.717) is 35.2 Å². The number of allylic oxidation sites excluding steroid dienone is 4. The molecule has 0 unspecified atom stereocenters. The van der Waals surface area contributed by atoms with Crippen molar-refractivity contribution in [3.63, 3.8) is 0 Å². The highest BCUT2D eigenvalue weighted by atomic mass is 16.4. The normalized spacial score (nSPS) is 43.2. The molecule has 0 saturated heterocycles. The fraction of sp³-hybridized carbons (Fsp3) is 0.767. The van der Waals surface area contributed by atoms with Crippen LogP contribution in [0.25, 0.3) is 0 Å². The largest absolute Gasteiger partial charge is 0.478 e. The van der Waals surface area contributed by atoms with Crippen LogP contribution in [0.4, 0.5) is 0 Å². The molecule has 3 heteroatoms. The van der Waals surface area contributed by atoms with E-state index >= 15 is 0 Å². The number of fused-ring (bicyclic) bond motifs is 5. The van der Waals surface area contributed by atoms with Crippen LogP contribution in [0.15, 0.2) is 35.5 Å². The van der Waals surface area contributed by atoms with Crippen molar-refractivity contribution in [1.29, 1.82) is 0 Å². The predicted octanol–water partition coefficient (Wildman–Crippen LogP) is 7.18. The van der Waals surface area contributed by atoms with Crippen molar-refractivity contribution >= 4 is 5.97 Å². The molecule has 3 nitrogen and oxygen atoms in total.